The summed E-state index contributed by atoms with van der Waals surface area (Å²) >= 11 is 0. The van der Waals surface area contributed by atoms with Gasteiger partial charge in [0.2, 0.25) is 0 Å². The Morgan fingerprint density at radius 1 is 0.765 bits per heavy atom. The first kappa shape index (κ1) is 21.5. The zero-order valence-electron chi connectivity index (χ0n) is 19.0. The van der Waals surface area contributed by atoms with Gasteiger partial charge in [-0.3, -0.25) is 9.59 Å². The Morgan fingerprint density at radius 3 is 1.94 bits per heavy atom. The number of carbonyl (C=O) groups is 1. The smallest absolute Gasteiger partial charge is 0.278 e. The van der Waals surface area contributed by atoms with Gasteiger partial charge in [-0.1, -0.05) is 72.8 Å². The van der Waals surface area contributed by atoms with Gasteiger partial charge < -0.3 is 9.47 Å². The molecule has 0 bridgehead atoms. The molecule has 0 aliphatic carbocycles. The highest BCUT2D eigenvalue weighted by molar-refractivity contribution is 6.10. The van der Waals surface area contributed by atoms with Gasteiger partial charge in [0.05, 0.1) is 26.5 Å². The van der Waals surface area contributed by atoms with E-state index in [2.05, 4.69) is 0 Å². The van der Waals surface area contributed by atoms with Crippen molar-refractivity contribution >= 4 is 27.5 Å². The predicted octanol–water partition coefficient (Wildman–Crippen LogP) is 5.24. The molecule has 1 heterocycles. The van der Waals surface area contributed by atoms with Crippen molar-refractivity contribution in [3.8, 4) is 17.2 Å². The van der Waals surface area contributed by atoms with Gasteiger partial charge in [0.15, 0.2) is 11.5 Å². The van der Waals surface area contributed by atoms with Crippen molar-refractivity contribution in [1.29, 1.82) is 0 Å². The van der Waals surface area contributed by atoms with Crippen LogP contribution in [0, 0.1) is 0 Å². The lowest BCUT2D eigenvalue weighted by Crippen LogP contribution is -2.24. The van der Waals surface area contributed by atoms with Gasteiger partial charge in [0.25, 0.3) is 5.56 Å². The second-order valence-electron chi connectivity index (χ2n) is 7.95. The molecule has 0 spiro atoms. The van der Waals surface area contributed by atoms with E-state index in [0.717, 1.165) is 16.5 Å². The molecular formula is C28H24N2O4. The zero-order valence-corrected chi connectivity index (χ0v) is 19.0. The van der Waals surface area contributed by atoms with Crippen LogP contribution in [0.2, 0.25) is 0 Å². The largest absolute Gasteiger partial charge is 0.495 e. The number of carbonyl (C=O) groups excluding carboxylic acids is 1. The molecule has 6 heteroatoms. The third kappa shape index (κ3) is 3.44. The number of para-hydroxylation sites is 1. The Balaban J connectivity index is 1.80. The maximum Gasteiger partial charge on any atom is 0.278 e. The lowest BCUT2D eigenvalue weighted by molar-refractivity contribution is 0.0974. The number of rotatable bonds is 7. The van der Waals surface area contributed by atoms with Crippen LogP contribution in [0.15, 0.2) is 89.7 Å². The van der Waals surface area contributed by atoms with Crippen molar-refractivity contribution < 1.29 is 14.3 Å². The number of ether oxygens (including phenoxy) is 2. The highest BCUT2D eigenvalue weighted by Crippen LogP contribution is 2.42. The fourth-order valence-electron chi connectivity index (χ4n) is 4.54. The molecule has 0 aliphatic rings. The molecule has 5 rings (SSSR count). The van der Waals surface area contributed by atoms with Crippen LogP contribution in [-0.2, 0) is 6.54 Å². The average Bonchev–Trinajstić information content (AvgIpc) is 3.18. The van der Waals surface area contributed by atoms with E-state index in [0.29, 0.717) is 28.0 Å². The molecule has 0 N–H and O–H groups in total. The molecule has 0 amide bonds. The number of ketones is 1. The van der Waals surface area contributed by atoms with Crippen molar-refractivity contribution in [2.45, 2.75) is 13.0 Å². The first-order valence-corrected chi connectivity index (χ1v) is 11.1. The second kappa shape index (κ2) is 8.90. The molecule has 0 unspecified atom stereocenters. The Bertz CT molecular complexity index is 1550. The summed E-state index contributed by atoms with van der Waals surface area (Å²) in [5.74, 6) is 1.05. The molecule has 4 aromatic carbocycles. The molecule has 5 aromatic rings. The summed E-state index contributed by atoms with van der Waals surface area (Å²) < 4.78 is 15.1. The minimum atomic E-state index is -0.236. The lowest BCUT2D eigenvalue weighted by atomic mass is 10.0. The van der Waals surface area contributed by atoms with E-state index in [4.69, 9.17) is 9.47 Å². The third-order valence-electron chi connectivity index (χ3n) is 6.05. The number of aromatic nitrogens is 2. The van der Waals surface area contributed by atoms with Crippen molar-refractivity contribution in [2.24, 2.45) is 0 Å². The molecule has 0 saturated carbocycles. The van der Waals surface area contributed by atoms with Gasteiger partial charge in [-0.25, -0.2) is 9.36 Å². The second-order valence-corrected chi connectivity index (χ2v) is 7.95. The summed E-state index contributed by atoms with van der Waals surface area (Å²) in [5, 5.41) is 2.06. The number of benzene rings is 4. The van der Waals surface area contributed by atoms with E-state index in [9.17, 15) is 9.59 Å². The first-order valence-electron chi connectivity index (χ1n) is 11.1. The topological polar surface area (TPSA) is 62.5 Å². The van der Waals surface area contributed by atoms with E-state index in [1.807, 2.05) is 77.5 Å². The van der Waals surface area contributed by atoms with Gasteiger partial charge in [-0.2, -0.15) is 0 Å². The Morgan fingerprint density at radius 2 is 1.32 bits per heavy atom. The molecule has 0 saturated heterocycles. The first-order chi connectivity index (χ1) is 16.7. The minimum absolute atomic E-state index is 0.0264. The molecule has 6 nitrogen and oxygen atoms in total. The molecule has 1 aromatic heterocycles. The SMILES string of the molecule is COc1c2ccccc2c(OC)c2c1c(=O)n(CCC(=O)c1ccccc1)n2-c1ccccc1. The van der Waals surface area contributed by atoms with E-state index in [1.165, 1.54) is 0 Å². The quantitative estimate of drug-likeness (QED) is 0.317. The normalized spacial score (nSPS) is 11.1. The fraction of sp³-hybridized carbons (Fsp3) is 0.143. The summed E-state index contributed by atoms with van der Waals surface area (Å²) in [6, 6.07) is 26.4. The van der Waals surface area contributed by atoms with E-state index >= 15 is 0 Å². The number of Topliss-reactive ketones (excluding diaryl/α,β-unsaturated/α-hetero) is 1. The average molecular weight is 453 g/mol. The molecular weight excluding hydrogens is 428 g/mol. The van der Waals surface area contributed by atoms with Gasteiger partial charge in [-0.15, -0.1) is 0 Å². The monoisotopic (exact) mass is 452 g/mol. The Labute approximate surface area is 196 Å². The van der Waals surface area contributed by atoms with E-state index in [-0.39, 0.29) is 24.3 Å². The van der Waals surface area contributed by atoms with E-state index < -0.39 is 0 Å². The third-order valence-corrected chi connectivity index (χ3v) is 6.05. The summed E-state index contributed by atoms with van der Waals surface area (Å²) in [7, 11) is 3.17. The van der Waals surface area contributed by atoms with Gasteiger partial charge in [0, 0.05) is 22.8 Å². The molecule has 0 aliphatic heterocycles. The van der Waals surface area contributed by atoms with Crippen LogP contribution in [0.25, 0.3) is 27.4 Å². The molecule has 170 valence electrons. The molecule has 34 heavy (non-hydrogen) atoms. The van der Waals surface area contributed by atoms with Gasteiger partial charge in [0.1, 0.15) is 16.7 Å². The zero-order chi connectivity index (χ0) is 23.7. The molecule has 0 radical (unpaired) electrons. The van der Waals surface area contributed by atoms with Crippen LogP contribution >= 0.6 is 0 Å². The van der Waals surface area contributed by atoms with Crippen LogP contribution < -0.4 is 15.0 Å². The predicted molar refractivity (Wildman–Crippen MR) is 134 cm³/mol. The summed E-state index contributed by atoms with van der Waals surface area (Å²) in [6.07, 6.45) is 0.178. The van der Waals surface area contributed by atoms with E-state index in [1.54, 1.807) is 31.0 Å². The Kier molecular flexibility index (Phi) is 5.64. The number of fused-ring (bicyclic) bond motifs is 2. The summed E-state index contributed by atoms with van der Waals surface area (Å²) in [4.78, 5) is 26.7. The highest BCUT2D eigenvalue weighted by atomic mass is 16.5. The van der Waals surface area contributed by atoms with Crippen molar-refractivity contribution in [1.82, 2.24) is 9.36 Å². The van der Waals surface area contributed by atoms with Crippen molar-refractivity contribution in [3.63, 3.8) is 0 Å². The van der Waals surface area contributed by atoms with Gasteiger partial charge >= 0.3 is 0 Å². The Hall–Kier alpha value is -4.32. The highest BCUT2D eigenvalue weighted by Gasteiger charge is 2.26. The number of methoxy groups -OCH3 is 2. The minimum Gasteiger partial charge on any atom is -0.495 e. The van der Waals surface area contributed by atoms with Crippen molar-refractivity contribution in [3.05, 3.63) is 101 Å². The van der Waals surface area contributed by atoms with Crippen molar-refractivity contribution in [2.75, 3.05) is 14.2 Å². The van der Waals surface area contributed by atoms with Crippen LogP contribution in [0.1, 0.15) is 16.8 Å². The standard InChI is InChI=1S/C28H24N2O4/c1-33-26-21-15-9-10-16-22(21)27(34-2)25-24(26)28(32)29(30(25)20-13-7-4-8-14-20)18-17-23(31)19-11-5-3-6-12-19/h3-16H,17-18H2,1-2H3. The van der Waals surface area contributed by atoms with Crippen LogP contribution in [0.4, 0.5) is 0 Å². The van der Waals surface area contributed by atoms with Crippen LogP contribution in [0.5, 0.6) is 11.5 Å². The van der Waals surface area contributed by atoms with Crippen LogP contribution in [-0.4, -0.2) is 29.4 Å². The maximum absolute atomic E-state index is 13.9. The fourth-order valence-corrected chi connectivity index (χ4v) is 4.54. The number of hydrogen-bond donors (Lipinski definition) is 0. The number of nitrogens with zero attached hydrogens (tertiary/aromatic N) is 2. The van der Waals surface area contributed by atoms with Crippen LogP contribution in [0.3, 0.4) is 0 Å². The summed E-state index contributed by atoms with van der Waals surface area (Å²) in [6.45, 7) is 0.207. The molecule has 0 fully saturated rings. The lowest BCUT2D eigenvalue weighted by Gasteiger charge is -2.16. The molecule has 0 atom stereocenters. The summed E-state index contributed by atoms with van der Waals surface area (Å²) in [5.41, 5.74) is 1.79. The maximum atomic E-state index is 13.9. The van der Waals surface area contributed by atoms with Gasteiger partial charge in [-0.05, 0) is 12.1 Å². The number of hydrogen-bond acceptors (Lipinski definition) is 4.